The van der Waals surface area contributed by atoms with Crippen molar-refractivity contribution in [2.24, 2.45) is 0 Å². The Bertz CT molecular complexity index is 973. The van der Waals surface area contributed by atoms with Crippen molar-refractivity contribution < 1.29 is 9.32 Å². The second kappa shape index (κ2) is 6.53. The third-order valence-electron chi connectivity index (χ3n) is 4.80. The quantitative estimate of drug-likeness (QED) is 0.761. The summed E-state index contributed by atoms with van der Waals surface area (Å²) in [5.74, 6) is 1.69. The minimum Gasteiger partial charge on any atom is -0.384 e. The Balaban J connectivity index is 1.54. The standard InChI is InChI=1S/C19H22N6O2/c1-11(2)24-10-14(9-17(24)26)19-21-18(23-27-19)13-4-6-15(7-5-13)25-16(20)8-12(3)22-25/h4-8,11,14H,9-10,20H2,1-3H3/t14-/m0/s1. The van der Waals surface area contributed by atoms with Crippen molar-refractivity contribution in [2.75, 3.05) is 12.3 Å². The first-order valence-electron chi connectivity index (χ1n) is 8.98. The van der Waals surface area contributed by atoms with E-state index in [1.165, 1.54) is 0 Å². The number of nitrogen functional groups attached to an aromatic ring is 1. The van der Waals surface area contributed by atoms with E-state index in [2.05, 4.69) is 15.2 Å². The van der Waals surface area contributed by atoms with Gasteiger partial charge in [0.05, 0.1) is 17.3 Å². The monoisotopic (exact) mass is 366 g/mol. The van der Waals surface area contributed by atoms with Gasteiger partial charge in [0.25, 0.3) is 0 Å². The molecule has 0 unspecified atom stereocenters. The van der Waals surface area contributed by atoms with E-state index in [1.807, 2.05) is 56.0 Å². The molecular formula is C19H22N6O2. The number of carbonyl (C=O) groups excluding carboxylic acids is 1. The molecule has 8 nitrogen and oxygen atoms in total. The molecule has 0 bridgehead atoms. The van der Waals surface area contributed by atoms with Gasteiger partial charge in [0.15, 0.2) is 0 Å². The van der Waals surface area contributed by atoms with E-state index < -0.39 is 0 Å². The van der Waals surface area contributed by atoms with Crippen LogP contribution in [-0.2, 0) is 4.79 Å². The van der Waals surface area contributed by atoms with Crippen LogP contribution in [0.4, 0.5) is 5.82 Å². The number of aromatic nitrogens is 4. The average molecular weight is 366 g/mol. The van der Waals surface area contributed by atoms with Crippen LogP contribution in [0, 0.1) is 6.92 Å². The summed E-state index contributed by atoms with van der Waals surface area (Å²) >= 11 is 0. The lowest BCUT2D eigenvalue weighted by Crippen LogP contribution is -2.31. The molecule has 1 fully saturated rings. The Hall–Kier alpha value is -3.16. The van der Waals surface area contributed by atoms with Crippen LogP contribution in [0.15, 0.2) is 34.9 Å². The second-order valence-electron chi connectivity index (χ2n) is 7.17. The van der Waals surface area contributed by atoms with Crippen LogP contribution in [-0.4, -0.2) is 43.3 Å². The molecule has 0 spiro atoms. The molecule has 140 valence electrons. The van der Waals surface area contributed by atoms with Crippen LogP contribution in [0.1, 0.15) is 37.8 Å². The van der Waals surface area contributed by atoms with Gasteiger partial charge in [-0.05, 0) is 45.0 Å². The van der Waals surface area contributed by atoms with Crippen molar-refractivity contribution in [1.29, 1.82) is 0 Å². The molecule has 0 radical (unpaired) electrons. The number of anilines is 1. The average Bonchev–Trinajstić information content (AvgIpc) is 3.33. The van der Waals surface area contributed by atoms with E-state index in [4.69, 9.17) is 10.3 Å². The molecule has 0 aliphatic carbocycles. The van der Waals surface area contributed by atoms with Gasteiger partial charge in [-0.2, -0.15) is 10.1 Å². The van der Waals surface area contributed by atoms with E-state index in [1.54, 1.807) is 4.68 Å². The molecule has 27 heavy (non-hydrogen) atoms. The smallest absolute Gasteiger partial charge is 0.232 e. The fourth-order valence-electron chi connectivity index (χ4n) is 3.39. The minimum atomic E-state index is -0.0488. The number of carbonyl (C=O) groups is 1. The first kappa shape index (κ1) is 17.3. The van der Waals surface area contributed by atoms with E-state index in [9.17, 15) is 4.79 Å². The number of hydrogen-bond donors (Lipinski definition) is 1. The van der Waals surface area contributed by atoms with Gasteiger partial charge in [-0.1, -0.05) is 5.16 Å². The number of nitrogens with two attached hydrogens (primary N) is 1. The largest absolute Gasteiger partial charge is 0.384 e. The molecule has 3 aromatic rings. The summed E-state index contributed by atoms with van der Waals surface area (Å²) < 4.78 is 7.13. The molecule has 3 heterocycles. The normalized spacial score (nSPS) is 17.3. The molecule has 1 aromatic carbocycles. The SMILES string of the molecule is Cc1cc(N)n(-c2ccc(-c3noc([C@H]4CC(=O)N(C(C)C)C4)n3)cc2)n1. The van der Waals surface area contributed by atoms with Crippen molar-refractivity contribution >= 4 is 11.7 Å². The number of rotatable bonds is 4. The fourth-order valence-corrected chi connectivity index (χ4v) is 3.39. The highest BCUT2D eigenvalue weighted by Crippen LogP contribution is 2.30. The molecule has 1 saturated heterocycles. The van der Waals surface area contributed by atoms with Gasteiger partial charge in [-0.25, -0.2) is 4.68 Å². The lowest BCUT2D eigenvalue weighted by molar-refractivity contribution is -0.129. The fraction of sp³-hybridized carbons (Fsp3) is 0.368. The molecular weight excluding hydrogens is 344 g/mol. The first-order chi connectivity index (χ1) is 12.9. The lowest BCUT2D eigenvalue weighted by Gasteiger charge is -2.20. The lowest BCUT2D eigenvalue weighted by atomic mass is 10.1. The number of benzene rings is 1. The molecule has 8 heteroatoms. The maximum Gasteiger partial charge on any atom is 0.232 e. The Kier molecular flexibility index (Phi) is 4.18. The topological polar surface area (TPSA) is 103 Å². The Morgan fingerprint density at radius 1 is 1.26 bits per heavy atom. The number of amides is 1. The van der Waals surface area contributed by atoms with Crippen LogP contribution in [0.2, 0.25) is 0 Å². The van der Waals surface area contributed by atoms with Crippen molar-refractivity contribution in [3.63, 3.8) is 0 Å². The molecule has 2 N–H and O–H groups in total. The van der Waals surface area contributed by atoms with Crippen LogP contribution in [0.3, 0.4) is 0 Å². The summed E-state index contributed by atoms with van der Waals surface area (Å²) in [7, 11) is 0. The van der Waals surface area contributed by atoms with E-state index in [-0.39, 0.29) is 17.9 Å². The zero-order valence-corrected chi connectivity index (χ0v) is 15.6. The second-order valence-corrected chi connectivity index (χ2v) is 7.17. The summed E-state index contributed by atoms with van der Waals surface area (Å²) in [6.07, 6.45) is 0.413. The summed E-state index contributed by atoms with van der Waals surface area (Å²) in [6, 6.07) is 9.63. The minimum absolute atomic E-state index is 0.0488. The molecule has 4 rings (SSSR count). The van der Waals surface area contributed by atoms with E-state index >= 15 is 0 Å². The summed E-state index contributed by atoms with van der Waals surface area (Å²) in [6.45, 7) is 6.54. The molecule has 1 amide bonds. The highest BCUT2D eigenvalue weighted by Gasteiger charge is 2.35. The first-order valence-corrected chi connectivity index (χ1v) is 8.98. The molecule has 1 atom stereocenters. The van der Waals surface area contributed by atoms with Crippen molar-refractivity contribution in [3.8, 4) is 17.1 Å². The number of hydrogen-bond acceptors (Lipinski definition) is 6. The Labute approximate surface area is 157 Å². The van der Waals surface area contributed by atoms with Gasteiger partial charge in [0.2, 0.25) is 17.6 Å². The molecule has 1 aliphatic heterocycles. The number of likely N-dealkylation sites (tertiary alicyclic amines) is 1. The van der Waals surface area contributed by atoms with Gasteiger partial charge >= 0.3 is 0 Å². The summed E-state index contributed by atoms with van der Waals surface area (Å²) in [5, 5.41) is 8.46. The highest BCUT2D eigenvalue weighted by atomic mass is 16.5. The predicted molar refractivity (Wildman–Crippen MR) is 100 cm³/mol. The summed E-state index contributed by atoms with van der Waals surface area (Å²) in [4.78, 5) is 18.5. The highest BCUT2D eigenvalue weighted by molar-refractivity contribution is 5.79. The van der Waals surface area contributed by atoms with Crippen molar-refractivity contribution in [1.82, 2.24) is 24.8 Å². The van der Waals surface area contributed by atoms with Gasteiger partial charge in [-0.15, -0.1) is 0 Å². The van der Waals surface area contributed by atoms with E-state index in [0.717, 1.165) is 16.9 Å². The third kappa shape index (κ3) is 3.18. The van der Waals surface area contributed by atoms with Gasteiger partial charge in [0, 0.05) is 30.6 Å². The van der Waals surface area contributed by atoms with Crippen LogP contribution in [0.5, 0.6) is 0 Å². The molecule has 2 aromatic heterocycles. The van der Waals surface area contributed by atoms with Crippen LogP contribution in [0.25, 0.3) is 17.1 Å². The summed E-state index contributed by atoms with van der Waals surface area (Å²) in [5.41, 5.74) is 8.53. The van der Waals surface area contributed by atoms with Crippen molar-refractivity contribution in [2.45, 2.75) is 39.2 Å². The predicted octanol–water partition coefficient (Wildman–Crippen LogP) is 2.54. The maximum atomic E-state index is 12.1. The molecule has 0 saturated carbocycles. The Morgan fingerprint density at radius 2 is 2.00 bits per heavy atom. The van der Waals surface area contributed by atoms with E-state index in [0.29, 0.717) is 30.5 Å². The maximum absolute atomic E-state index is 12.1. The van der Waals surface area contributed by atoms with Crippen LogP contribution >= 0.6 is 0 Å². The third-order valence-corrected chi connectivity index (χ3v) is 4.80. The molecule has 1 aliphatic rings. The van der Waals surface area contributed by atoms with Gasteiger partial charge in [-0.3, -0.25) is 4.79 Å². The number of nitrogens with zero attached hydrogens (tertiary/aromatic N) is 5. The number of aryl methyl sites for hydroxylation is 1. The zero-order valence-electron chi connectivity index (χ0n) is 15.6. The zero-order chi connectivity index (χ0) is 19.1. The van der Waals surface area contributed by atoms with Crippen LogP contribution < -0.4 is 5.73 Å². The van der Waals surface area contributed by atoms with Gasteiger partial charge < -0.3 is 15.2 Å². The Morgan fingerprint density at radius 3 is 2.59 bits per heavy atom. The van der Waals surface area contributed by atoms with Gasteiger partial charge in [0.1, 0.15) is 5.82 Å². The van der Waals surface area contributed by atoms with Crippen molar-refractivity contribution in [3.05, 3.63) is 41.9 Å².